The number of anilines is 1. The van der Waals surface area contributed by atoms with Gasteiger partial charge in [0.05, 0.1) is 17.9 Å². The molecule has 4 aliphatic rings. The van der Waals surface area contributed by atoms with Gasteiger partial charge < -0.3 is 20.3 Å². The average molecular weight is 556 g/mol. The summed E-state index contributed by atoms with van der Waals surface area (Å²) in [6.45, 7) is 8.97. The van der Waals surface area contributed by atoms with Gasteiger partial charge in [-0.3, -0.25) is 14.4 Å². The maximum atomic E-state index is 14.1. The van der Waals surface area contributed by atoms with Crippen LogP contribution < -0.4 is 10.6 Å². The fraction of sp³-hybridized carbons (Fsp3) is 0.645. The Labute approximate surface area is 237 Å². The number of aryl methyl sites for hydroxylation is 1. The van der Waals surface area contributed by atoms with E-state index in [2.05, 4.69) is 31.4 Å². The number of hydrogen-bond donors (Lipinski definition) is 2. The van der Waals surface area contributed by atoms with Crippen molar-refractivity contribution in [3.63, 3.8) is 0 Å². The second-order valence-corrected chi connectivity index (χ2v) is 12.5. The third-order valence-corrected chi connectivity index (χ3v) is 10.1. The normalized spacial score (nSPS) is 34.8. The van der Waals surface area contributed by atoms with E-state index >= 15 is 0 Å². The van der Waals surface area contributed by atoms with Crippen LogP contribution in [0.4, 0.5) is 5.69 Å². The van der Waals surface area contributed by atoms with Crippen molar-refractivity contribution >= 4 is 35.0 Å². The van der Waals surface area contributed by atoms with E-state index in [1.807, 2.05) is 25.1 Å². The summed E-state index contributed by atoms with van der Waals surface area (Å²) in [6, 6.07) is 4.66. The lowest BCUT2D eigenvalue weighted by Gasteiger charge is -2.38. The topological polar surface area (TPSA) is 87.7 Å². The van der Waals surface area contributed by atoms with E-state index in [9.17, 15) is 14.4 Å². The molecule has 2 saturated heterocycles. The highest BCUT2D eigenvalue weighted by Gasteiger charge is 2.72. The number of hydrogen-bond acceptors (Lipinski definition) is 4. The molecule has 1 aromatic rings. The number of benzene rings is 1. The quantitative estimate of drug-likeness (QED) is 0.321. The number of nitrogens with one attached hydrogen (secondary N) is 2. The molecule has 212 valence electrons. The first-order valence-electron chi connectivity index (χ1n) is 14.7. The average Bonchev–Trinajstić information content (AvgIpc) is 3.54. The summed E-state index contributed by atoms with van der Waals surface area (Å²) >= 11 is 6.28. The Morgan fingerprint density at radius 3 is 2.69 bits per heavy atom. The van der Waals surface area contributed by atoms with E-state index in [1.165, 1.54) is 6.42 Å². The van der Waals surface area contributed by atoms with Crippen LogP contribution in [-0.4, -0.2) is 53.0 Å². The predicted octanol–water partition coefficient (Wildman–Crippen LogP) is 5.26. The van der Waals surface area contributed by atoms with Crippen LogP contribution >= 0.6 is 11.6 Å². The molecule has 1 saturated carbocycles. The number of carbonyl (C=O) groups excluding carboxylic acids is 3. The predicted molar refractivity (Wildman–Crippen MR) is 152 cm³/mol. The molecule has 3 heterocycles. The van der Waals surface area contributed by atoms with Gasteiger partial charge >= 0.3 is 0 Å². The van der Waals surface area contributed by atoms with Gasteiger partial charge in [-0.15, -0.1) is 0 Å². The maximum Gasteiger partial charge on any atom is 0.246 e. The first kappa shape index (κ1) is 28.2. The van der Waals surface area contributed by atoms with Gasteiger partial charge in [-0.05, 0) is 49.3 Å². The number of rotatable bonds is 9. The van der Waals surface area contributed by atoms with E-state index < -0.39 is 29.6 Å². The van der Waals surface area contributed by atoms with Crippen molar-refractivity contribution in [1.29, 1.82) is 0 Å². The molecule has 0 aromatic heterocycles. The number of carbonyl (C=O) groups is 3. The number of likely N-dealkylation sites (tertiary alicyclic amines) is 1. The number of nitrogens with zero attached hydrogens (tertiary/aromatic N) is 1. The number of amides is 3. The third-order valence-electron chi connectivity index (χ3n) is 9.65. The highest BCUT2D eigenvalue weighted by Crippen LogP contribution is 2.55. The Bertz CT molecular complexity index is 1150. The molecule has 7 nitrogen and oxygen atoms in total. The van der Waals surface area contributed by atoms with E-state index in [4.69, 9.17) is 16.3 Å². The lowest BCUT2D eigenvalue weighted by molar-refractivity contribution is -0.141. The maximum absolute atomic E-state index is 14.1. The summed E-state index contributed by atoms with van der Waals surface area (Å²) in [4.78, 5) is 43.4. The van der Waals surface area contributed by atoms with Crippen molar-refractivity contribution in [2.45, 2.75) is 96.4 Å². The van der Waals surface area contributed by atoms with Crippen LogP contribution in [0.3, 0.4) is 0 Å². The number of fused-ring (bicyclic) bond motifs is 1. The standard InChI is InChI=1S/C31H42ClN3O4/c1-5-6-7-8-16-35-27(29(37)34-23-11-9-10-18(2)20(23)4)31-15-14-24(39-31)25(26(31)30(35)38)28(36)33-21-13-12-19(3)22(32)17-21/h12-15,17-18,20,23-27H,5-11,16H2,1-4H3,(H,33,36)(H,34,37)/t18?,20?,23?,24-,25?,26-,27?,31?/m0/s1. The lowest BCUT2D eigenvalue weighted by Crippen LogP contribution is -2.58. The molecule has 8 atom stereocenters. The SMILES string of the molecule is CCCCCCN1C(=O)[C@@H]2C(C(=O)Nc3ccc(C)c(Cl)c3)[C@@H]3C=CC2(O3)C1C(=O)NC1CCCC(C)C1C. The molecule has 3 aliphatic heterocycles. The summed E-state index contributed by atoms with van der Waals surface area (Å²) in [6.07, 6.45) is 10.3. The van der Waals surface area contributed by atoms with Crippen LogP contribution in [0.5, 0.6) is 0 Å². The Kier molecular flexibility index (Phi) is 8.12. The molecular weight excluding hydrogens is 514 g/mol. The molecule has 3 fully saturated rings. The number of ether oxygens (including phenoxy) is 1. The van der Waals surface area contributed by atoms with Gasteiger partial charge in [0.2, 0.25) is 17.7 Å². The molecule has 1 aliphatic carbocycles. The summed E-state index contributed by atoms with van der Waals surface area (Å²) in [5.74, 6) is -1.17. The molecule has 3 amide bonds. The Morgan fingerprint density at radius 2 is 1.95 bits per heavy atom. The van der Waals surface area contributed by atoms with Crippen LogP contribution in [-0.2, 0) is 19.1 Å². The monoisotopic (exact) mass is 555 g/mol. The third kappa shape index (κ3) is 5.01. The van der Waals surface area contributed by atoms with Gasteiger partial charge in [0.15, 0.2) is 0 Å². The van der Waals surface area contributed by atoms with E-state index in [1.54, 1.807) is 17.0 Å². The van der Waals surface area contributed by atoms with Crippen molar-refractivity contribution in [3.05, 3.63) is 40.9 Å². The fourth-order valence-electron chi connectivity index (χ4n) is 7.16. The minimum Gasteiger partial charge on any atom is -0.359 e. The van der Waals surface area contributed by atoms with Crippen LogP contribution in [0, 0.1) is 30.6 Å². The summed E-state index contributed by atoms with van der Waals surface area (Å²) in [7, 11) is 0. The van der Waals surface area contributed by atoms with Crippen LogP contribution in [0.1, 0.15) is 71.3 Å². The van der Waals surface area contributed by atoms with Gasteiger partial charge in [-0.2, -0.15) is 0 Å². The van der Waals surface area contributed by atoms with E-state index in [-0.39, 0.29) is 23.8 Å². The van der Waals surface area contributed by atoms with E-state index in [0.29, 0.717) is 29.1 Å². The Hall–Kier alpha value is -2.38. The molecule has 2 N–H and O–H groups in total. The highest BCUT2D eigenvalue weighted by molar-refractivity contribution is 6.31. The van der Waals surface area contributed by atoms with Crippen LogP contribution in [0.25, 0.3) is 0 Å². The first-order valence-corrected chi connectivity index (χ1v) is 15.1. The van der Waals surface area contributed by atoms with Crippen molar-refractivity contribution in [2.24, 2.45) is 23.7 Å². The van der Waals surface area contributed by atoms with Gasteiger partial charge in [0, 0.05) is 23.3 Å². The molecule has 2 bridgehead atoms. The van der Waals surface area contributed by atoms with Crippen molar-refractivity contribution in [1.82, 2.24) is 10.2 Å². The minimum atomic E-state index is -1.13. The molecule has 5 rings (SSSR count). The summed E-state index contributed by atoms with van der Waals surface area (Å²) in [5, 5.41) is 6.83. The molecule has 39 heavy (non-hydrogen) atoms. The molecule has 1 spiro atoms. The van der Waals surface area contributed by atoms with Gasteiger partial charge in [0.1, 0.15) is 11.6 Å². The van der Waals surface area contributed by atoms with Crippen molar-refractivity contribution in [3.8, 4) is 0 Å². The summed E-state index contributed by atoms with van der Waals surface area (Å²) < 4.78 is 6.48. The minimum absolute atomic E-state index is 0.0710. The zero-order chi connectivity index (χ0) is 27.9. The smallest absolute Gasteiger partial charge is 0.246 e. The second kappa shape index (κ2) is 11.2. The van der Waals surface area contributed by atoms with Crippen LogP contribution in [0.2, 0.25) is 5.02 Å². The molecule has 6 unspecified atom stereocenters. The number of halogens is 1. The van der Waals surface area contributed by atoms with Gasteiger partial charge in [0.25, 0.3) is 0 Å². The van der Waals surface area contributed by atoms with Crippen molar-refractivity contribution < 1.29 is 19.1 Å². The largest absolute Gasteiger partial charge is 0.359 e. The molecule has 1 aromatic carbocycles. The van der Waals surface area contributed by atoms with Gasteiger partial charge in [-0.1, -0.05) is 82.7 Å². The fourth-order valence-corrected chi connectivity index (χ4v) is 7.34. The Morgan fingerprint density at radius 1 is 1.15 bits per heavy atom. The zero-order valence-electron chi connectivity index (χ0n) is 23.5. The Balaban J connectivity index is 1.41. The molecule has 8 heteroatoms. The molecular formula is C31H42ClN3O4. The number of unbranched alkanes of at least 4 members (excludes halogenated alkanes) is 3. The first-order chi connectivity index (χ1) is 18.7. The van der Waals surface area contributed by atoms with Gasteiger partial charge in [-0.25, -0.2) is 0 Å². The highest BCUT2D eigenvalue weighted by atomic mass is 35.5. The lowest BCUT2D eigenvalue weighted by atomic mass is 9.73. The van der Waals surface area contributed by atoms with E-state index in [0.717, 1.165) is 44.1 Å². The second-order valence-electron chi connectivity index (χ2n) is 12.1. The zero-order valence-corrected chi connectivity index (χ0v) is 24.3. The molecule has 0 radical (unpaired) electrons. The van der Waals surface area contributed by atoms with Crippen LogP contribution in [0.15, 0.2) is 30.4 Å². The van der Waals surface area contributed by atoms with Crippen molar-refractivity contribution in [2.75, 3.05) is 11.9 Å². The summed E-state index contributed by atoms with van der Waals surface area (Å²) in [5.41, 5.74) is 0.362.